The van der Waals surface area contributed by atoms with E-state index in [4.69, 9.17) is 5.73 Å². The van der Waals surface area contributed by atoms with Gasteiger partial charge in [-0.2, -0.15) is 0 Å². The third-order valence-electron chi connectivity index (χ3n) is 2.60. The third kappa shape index (κ3) is 6.40. The SMILES string of the molecule is CC(C)CN(CC(N)=O)C(=O)N[C@@H](C(=O)O)C(C)(C)C. The number of carboxylic acid groups (broad SMARTS) is 1. The Balaban J connectivity index is 4.97. The van der Waals surface area contributed by atoms with Gasteiger partial charge in [-0.05, 0) is 11.3 Å². The Labute approximate surface area is 119 Å². The van der Waals surface area contributed by atoms with Crippen LogP contribution in [0, 0.1) is 11.3 Å². The highest BCUT2D eigenvalue weighted by Crippen LogP contribution is 2.19. The smallest absolute Gasteiger partial charge is 0.326 e. The summed E-state index contributed by atoms with van der Waals surface area (Å²) in [5.74, 6) is -1.61. The number of rotatable bonds is 6. The molecule has 1 atom stereocenters. The number of amides is 3. The van der Waals surface area contributed by atoms with Crippen molar-refractivity contribution in [1.29, 1.82) is 0 Å². The van der Waals surface area contributed by atoms with Gasteiger partial charge in [-0.3, -0.25) is 4.79 Å². The summed E-state index contributed by atoms with van der Waals surface area (Å²) in [6, 6.07) is -1.64. The molecule has 0 radical (unpaired) electrons. The minimum Gasteiger partial charge on any atom is -0.480 e. The molecule has 0 heterocycles. The summed E-state index contributed by atoms with van der Waals surface area (Å²) in [5, 5.41) is 11.6. The molecule has 0 aromatic carbocycles. The zero-order valence-corrected chi connectivity index (χ0v) is 12.8. The van der Waals surface area contributed by atoms with E-state index in [1.807, 2.05) is 13.8 Å². The summed E-state index contributed by atoms with van der Waals surface area (Å²) >= 11 is 0. The van der Waals surface area contributed by atoms with Gasteiger partial charge in [0.15, 0.2) is 0 Å². The minimum atomic E-state index is -1.12. The van der Waals surface area contributed by atoms with Gasteiger partial charge in [0.2, 0.25) is 5.91 Å². The minimum absolute atomic E-state index is 0.137. The molecule has 7 heteroatoms. The van der Waals surface area contributed by atoms with Crippen LogP contribution in [0.15, 0.2) is 0 Å². The van der Waals surface area contributed by atoms with Crippen LogP contribution in [-0.2, 0) is 9.59 Å². The Morgan fingerprint density at radius 1 is 1.25 bits per heavy atom. The second-order valence-corrected chi connectivity index (χ2v) is 6.33. The average molecular weight is 287 g/mol. The van der Waals surface area contributed by atoms with Crippen molar-refractivity contribution in [2.45, 2.75) is 40.7 Å². The van der Waals surface area contributed by atoms with Crippen LogP contribution in [0.1, 0.15) is 34.6 Å². The standard InChI is InChI=1S/C13H25N3O4/c1-8(2)6-16(7-9(14)17)12(20)15-10(11(18)19)13(3,4)5/h8,10H,6-7H2,1-5H3,(H2,14,17)(H,15,20)(H,18,19)/t10-/m0/s1. The molecule has 0 rings (SSSR count). The van der Waals surface area contributed by atoms with Gasteiger partial charge >= 0.3 is 12.0 Å². The molecule has 20 heavy (non-hydrogen) atoms. The van der Waals surface area contributed by atoms with E-state index in [-0.39, 0.29) is 12.5 Å². The predicted octanol–water partition coefficient (Wildman–Crippen LogP) is 0.639. The van der Waals surface area contributed by atoms with Crippen molar-refractivity contribution in [3.63, 3.8) is 0 Å². The van der Waals surface area contributed by atoms with Crippen molar-refractivity contribution in [3.8, 4) is 0 Å². The molecule has 0 aliphatic carbocycles. The van der Waals surface area contributed by atoms with E-state index in [9.17, 15) is 19.5 Å². The lowest BCUT2D eigenvalue weighted by molar-refractivity contribution is -0.142. The van der Waals surface area contributed by atoms with E-state index >= 15 is 0 Å². The average Bonchev–Trinajstić information content (AvgIpc) is 2.20. The summed E-state index contributed by atoms with van der Waals surface area (Å²) in [5.41, 5.74) is 4.47. The Hall–Kier alpha value is -1.79. The van der Waals surface area contributed by atoms with Crippen LogP contribution in [0.3, 0.4) is 0 Å². The number of nitrogens with two attached hydrogens (primary N) is 1. The number of carboxylic acids is 1. The fraction of sp³-hybridized carbons (Fsp3) is 0.769. The fourth-order valence-electron chi connectivity index (χ4n) is 1.71. The lowest BCUT2D eigenvalue weighted by Crippen LogP contribution is -2.55. The number of hydrogen-bond acceptors (Lipinski definition) is 3. The molecule has 0 aliphatic rings. The molecule has 0 unspecified atom stereocenters. The van der Waals surface area contributed by atoms with E-state index in [0.29, 0.717) is 6.54 Å². The molecule has 3 amide bonds. The maximum Gasteiger partial charge on any atom is 0.326 e. The number of carbonyl (C=O) groups excluding carboxylic acids is 2. The van der Waals surface area contributed by atoms with Gasteiger partial charge in [0.05, 0.1) is 0 Å². The van der Waals surface area contributed by atoms with Crippen LogP contribution in [0.5, 0.6) is 0 Å². The van der Waals surface area contributed by atoms with Gasteiger partial charge in [-0.25, -0.2) is 9.59 Å². The first-order valence-corrected chi connectivity index (χ1v) is 6.51. The topological polar surface area (TPSA) is 113 Å². The summed E-state index contributed by atoms with van der Waals surface area (Å²) in [7, 11) is 0. The summed E-state index contributed by atoms with van der Waals surface area (Å²) < 4.78 is 0. The summed E-state index contributed by atoms with van der Waals surface area (Å²) in [6.45, 7) is 9.01. The number of nitrogens with zero attached hydrogens (tertiary/aromatic N) is 1. The van der Waals surface area contributed by atoms with E-state index in [2.05, 4.69) is 5.32 Å². The quantitative estimate of drug-likeness (QED) is 0.665. The van der Waals surface area contributed by atoms with Gasteiger partial charge in [0.25, 0.3) is 0 Å². The number of hydrogen-bond donors (Lipinski definition) is 3. The normalized spacial score (nSPS) is 12.9. The Bertz CT molecular complexity index is 374. The molecule has 0 aromatic rings. The molecule has 0 saturated carbocycles. The molecule has 116 valence electrons. The van der Waals surface area contributed by atoms with Gasteiger partial charge in [-0.1, -0.05) is 34.6 Å². The lowest BCUT2D eigenvalue weighted by atomic mass is 9.87. The number of urea groups is 1. The maximum atomic E-state index is 12.1. The molecule has 7 nitrogen and oxygen atoms in total. The first-order valence-electron chi connectivity index (χ1n) is 6.51. The highest BCUT2D eigenvalue weighted by molar-refractivity contribution is 5.86. The number of nitrogens with one attached hydrogen (secondary N) is 1. The molecule has 0 spiro atoms. The van der Waals surface area contributed by atoms with Gasteiger partial charge < -0.3 is 21.1 Å². The van der Waals surface area contributed by atoms with Crippen LogP contribution in [0.2, 0.25) is 0 Å². The van der Waals surface area contributed by atoms with Crippen molar-refractivity contribution < 1.29 is 19.5 Å². The zero-order chi connectivity index (χ0) is 16.1. The van der Waals surface area contributed by atoms with Crippen molar-refractivity contribution in [1.82, 2.24) is 10.2 Å². The molecule has 4 N–H and O–H groups in total. The molecule has 0 aliphatic heterocycles. The molecule has 0 fully saturated rings. The lowest BCUT2D eigenvalue weighted by Gasteiger charge is -2.31. The highest BCUT2D eigenvalue weighted by atomic mass is 16.4. The van der Waals surface area contributed by atoms with Crippen molar-refractivity contribution in [2.24, 2.45) is 17.1 Å². The number of aliphatic carboxylic acids is 1. The first-order chi connectivity index (χ1) is 8.95. The van der Waals surface area contributed by atoms with Crippen molar-refractivity contribution in [2.75, 3.05) is 13.1 Å². The van der Waals surface area contributed by atoms with Crippen LogP contribution < -0.4 is 11.1 Å². The third-order valence-corrected chi connectivity index (χ3v) is 2.60. The van der Waals surface area contributed by atoms with Gasteiger partial charge in [0.1, 0.15) is 12.6 Å². The summed E-state index contributed by atoms with van der Waals surface area (Å²) in [6.07, 6.45) is 0. The number of carbonyl (C=O) groups is 3. The maximum absolute atomic E-state index is 12.1. The van der Waals surface area contributed by atoms with Crippen LogP contribution in [0.25, 0.3) is 0 Å². The molecular weight excluding hydrogens is 262 g/mol. The first kappa shape index (κ1) is 18.2. The van der Waals surface area contributed by atoms with Gasteiger partial charge in [0, 0.05) is 6.54 Å². The highest BCUT2D eigenvalue weighted by Gasteiger charge is 2.34. The van der Waals surface area contributed by atoms with Crippen LogP contribution >= 0.6 is 0 Å². The van der Waals surface area contributed by atoms with Crippen LogP contribution in [0.4, 0.5) is 4.79 Å². The molecule has 0 saturated heterocycles. The van der Waals surface area contributed by atoms with Crippen LogP contribution in [-0.4, -0.2) is 47.0 Å². The predicted molar refractivity (Wildman–Crippen MR) is 75.0 cm³/mol. The Kier molecular flexibility index (Phi) is 6.48. The molecular formula is C13H25N3O4. The van der Waals surface area contributed by atoms with E-state index < -0.39 is 29.4 Å². The Morgan fingerprint density at radius 3 is 2.05 bits per heavy atom. The van der Waals surface area contributed by atoms with Gasteiger partial charge in [-0.15, -0.1) is 0 Å². The molecule has 0 bridgehead atoms. The monoisotopic (exact) mass is 287 g/mol. The second-order valence-electron chi connectivity index (χ2n) is 6.33. The van der Waals surface area contributed by atoms with E-state index in [0.717, 1.165) is 0 Å². The van der Waals surface area contributed by atoms with E-state index in [1.165, 1.54) is 4.90 Å². The molecule has 0 aromatic heterocycles. The Morgan fingerprint density at radius 2 is 1.75 bits per heavy atom. The van der Waals surface area contributed by atoms with E-state index in [1.54, 1.807) is 20.8 Å². The zero-order valence-electron chi connectivity index (χ0n) is 12.8. The fourth-order valence-corrected chi connectivity index (χ4v) is 1.71. The largest absolute Gasteiger partial charge is 0.480 e. The number of primary amides is 1. The van der Waals surface area contributed by atoms with Crippen molar-refractivity contribution >= 4 is 17.9 Å². The second kappa shape index (κ2) is 7.12. The summed E-state index contributed by atoms with van der Waals surface area (Å²) in [4.78, 5) is 35.6. The van der Waals surface area contributed by atoms with Crippen molar-refractivity contribution in [3.05, 3.63) is 0 Å².